The summed E-state index contributed by atoms with van der Waals surface area (Å²) in [5, 5.41) is 12.6. The van der Waals surface area contributed by atoms with Gasteiger partial charge in [-0.3, -0.25) is 4.79 Å². The van der Waals surface area contributed by atoms with E-state index in [1.807, 2.05) is 0 Å². The Hall–Kier alpha value is -2.25. The van der Waals surface area contributed by atoms with Crippen molar-refractivity contribution in [2.75, 3.05) is 0 Å². The number of ether oxygens (including phenoxy) is 2. The van der Waals surface area contributed by atoms with Crippen molar-refractivity contribution in [2.24, 2.45) is 34.5 Å². The number of aliphatic hydroxyl groups excluding tert-OH is 1. The van der Waals surface area contributed by atoms with E-state index in [-0.39, 0.29) is 46.4 Å². The number of carbonyl (C=O) groups excluding carboxylic acids is 1. The fourth-order valence-electron chi connectivity index (χ4n) is 11.0. The number of ketones is 1. The van der Waals surface area contributed by atoms with Crippen LogP contribution in [0.4, 0.5) is 0 Å². The topological polar surface area (TPSA) is 65.0 Å². The molecule has 0 bridgehead atoms. The molecule has 1 N–H and O–H groups in total. The Morgan fingerprint density at radius 3 is 2.02 bits per heavy atom. The van der Waals surface area contributed by atoms with Crippen LogP contribution in [0.15, 0.2) is 72.5 Å². The van der Waals surface area contributed by atoms with Gasteiger partial charge in [0.15, 0.2) is 11.6 Å². The van der Waals surface area contributed by atoms with Crippen LogP contribution in [-0.2, 0) is 18.7 Å². The summed E-state index contributed by atoms with van der Waals surface area (Å²) >= 11 is 0. The van der Waals surface area contributed by atoms with Crippen LogP contribution >= 0.6 is 0 Å². The van der Waals surface area contributed by atoms with Gasteiger partial charge in [0.2, 0.25) is 0 Å². The van der Waals surface area contributed by atoms with Gasteiger partial charge in [0, 0.05) is 17.1 Å². The van der Waals surface area contributed by atoms with Crippen molar-refractivity contribution in [3.63, 3.8) is 0 Å². The highest BCUT2D eigenvalue weighted by Crippen LogP contribution is 2.68. The molecule has 242 valence electrons. The fourth-order valence-corrected chi connectivity index (χ4v) is 15.7. The Labute approximate surface area is 270 Å². The van der Waals surface area contributed by atoms with E-state index in [4.69, 9.17) is 13.9 Å². The van der Waals surface area contributed by atoms with Crippen LogP contribution in [-0.4, -0.2) is 43.3 Å². The summed E-state index contributed by atoms with van der Waals surface area (Å²) in [5.41, 5.74) is 0.215. The number of carbonyl (C=O) groups is 1. The van der Waals surface area contributed by atoms with Crippen molar-refractivity contribution in [3.05, 3.63) is 72.5 Å². The molecule has 0 spiro atoms. The van der Waals surface area contributed by atoms with E-state index < -0.39 is 19.5 Å². The number of Topliss-reactive ketones (excluding diaryl/α,β-unsaturated/α-hetero) is 1. The lowest BCUT2D eigenvalue weighted by Crippen LogP contribution is -2.69. The second-order valence-electron chi connectivity index (χ2n) is 16.8. The third kappa shape index (κ3) is 4.60. The minimum atomic E-state index is -2.70. The van der Waals surface area contributed by atoms with Crippen LogP contribution in [0.3, 0.4) is 0 Å². The number of aliphatic hydroxyl groups is 1. The standard InChI is InChI=1S/C39H52O5Si/c1-36(2,3)45(27-14-10-8-11-15-27,28-16-12-9-13-17-28)44-26-18-20-38(6)29-19-21-39(7)30(22-25(24-40)35(39)41)32(29)34-33(31(38)23-26)42-37(4,5)43-34/h8-17,24,26,29-34,40H,18-23H2,1-7H3/b25-24-/t26-,29-,30-,31+,32+,33+,34+,38+,39-/m0/s1. The van der Waals surface area contributed by atoms with Crippen LogP contribution < -0.4 is 10.4 Å². The zero-order valence-electron chi connectivity index (χ0n) is 28.2. The molecule has 2 aromatic rings. The molecule has 5 fully saturated rings. The molecule has 1 heterocycles. The normalized spacial score (nSPS) is 40.0. The minimum Gasteiger partial charge on any atom is -0.515 e. The fraction of sp³-hybridized carbons (Fsp3) is 0.615. The second-order valence-corrected chi connectivity index (χ2v) is 21.0. The number of fused-ring (bicyclic) bond motifs is 8. The van der Waals surface area contributed by atoms with E-state index in [9.17, 15) is 9.90 Å². The largest absolute Gasteiger partial charge is 0.515 e. The van der Waals surface area contributed by atoms with Gasteiger partial charge in [0.25, 0.3) is 8.32 Å². The van der Waals surface area contributed by atoms with E-state index in [2.05, 4.69) is 109 Å². The number of benzene rings is 2. The lowest BCUT2D eigenvalue weighted by atomic mass is 9.44. The molecule has 4 aliphatic carbocycles. The van der Waals surface area contributed by atoms with Gasteiger partial charge < -0.3 is 19.0 Å². The highest BCUT2D eigenvalue weighted by Gasteiger charge is 2.69. The van der Waals surface area contributed by atoms with E-state index in [0.29, 0.717) is 23.8 Å². The number of hydrogen-bond donors (Lipinski definition) is 1. The minimum absolute atomic E-state index is 0.0450. The molecule has 1 saturated heterocycles. The van der Waals surface area contributed by atoms with Gasteiger partial charge >= 0.3 is 0 Å². The molecule has 0 amide bonds. The van der Waals surface area contributed by atoms with Gasteiger partial charge in [0.05, 0.1) is 18.5 Å². The molecule has 2 aromatic carbocycles. The van der Waals surface area contributed by atoms with Crippen LogP contribution in [0.5, 0.6) is 0 Å². The summed E-state index contributed by atoms with van der Waals surface area (Å²) < 4.78 is 21.5. The number of rotatable bonds is 4. The van der Waals surface area contributed by atoms with Gasteiger partial charge in [-0.15, -0.1) is 0 Å². The van der Waals surface area contributed by atoms with E-state index >= 15 is 0 Å². The molecule has 0 aromatic heterocycles. The third-order valence-electron chi connectivity index (χ3n) is 13.0. The van der Waals surface area contributed by atoms with Gasteiger partial charge in [0.1, 0.15) is 0 Å². The maximum atomic E-state index is 13.5. The summed E-state index contributed by atoms with van der Waals surface area (Å²) in [5.74, 6) is 0.597. The van der Waals surface area contributed by atoms with Crippen molar-refractivity contribution in [2.45, 2.75) is 116 Å². The summed E-state index contributed by atoms with van der Waals surface area (Å²) in [6, 6.07) is 22.0. The summed E-state index contributed by atoms with van der Waals surface area (Å²) in [4.78, 5) is 13.5. The van der Waals surface area contributed by atoms with Gasteiger partial charge in [-0.05, 0) is 96.9 Å². The molecule has 0 radical (unpaired) electrons. The Balaban J connectivity index is 1.27. The quantitative estimate of drug-likeness (QED) is 0.218. The first-order chi connectivity index (χ1) is 21.2. The SMILES string of the molecule is CC1(C)O[C@H]2[C@H](O1)[C@H]1C[C@@H](O[Si](c3ccccc3)(c3ccccc3)C(C)(C)C)CC[C@]1(C)[C@H]1CC[C@]3(C)C(=O)/C(=C\O)C[C@H]3[C@H]21. The second kappa shape index (κ2) is 10.6. The highest BCUT2D eigenvalue weighted by molar-refractivity contribution is 6.99. The smallest absolute Gasteiger partial charge is 0.261 e. The number of hydrogen-bond acceptors (Lipinski definition) is 5. The van der Waals surface area contributed by atoms with Crippen molar-refractivity contribution in [1.82, 2.24) is 0 Å². The third-order valence-corrected chi connectivity index (χ3v) is 18.1. The molecule has 5 nitrogen and oxygen atoms in total. The van der Waals surface area contributed by atoms with Crippen LogP contribution in [0.25, 0.3) is 0 Å². The predicted octanol–water partition coefficient (Wildman–Crippen LogP) is 7.34. The lowest BCUT2D eigenvalue weighted by molar-refractivity contribution is -0.185. The first kappa shape index (κ1) is 31.4. The average molecular weight is 629 g/mol. The summed E-state index contributed by atoms with van der Waals surface area (Å²) in [7, 11) is -2.70. The summed E-state index contributed by atoms with van der Waals surface area (Å²) in [6.07, 6.45) is 6.66. The molecular formula is C39H52O5Si. The Kier molecular flexibility index (Phi) is 7.41. The molecule has 7 rings (SSSR count). The zero-order valence-corrected chi connectivity index (χ0v) is 29.2. The van der Waals surface area contributed by atoms with Gasteiger partial charge in [-0.1, -0.05) is 95.3 Å². The maximum absolute atomic E-state index is 13.5. The Morgan fingerprint density at radius 1 is 0.844 bits per heavy atom. The van der Waals surface area contributed by atoms with E-state index in [1.54, 1.807) is 0 Å². The van der Waals surface area contributed by atoms with E-state index in [0.717, 1.165) is 38.4 Å². The first-order valence-electron chi connectivity index (χ1n) is 17.3. The first-order valence-corrected chi connectivity index (χ1v) is 19.2. The predicted molar refractivity (Wildman–Crippen MR) is 180 cm³/mol. The van der Waals surface area contributed by atoms with Gasteiger partial charge in [-0.2, -0.15) is 0 Å². The van der Waals surface area contributed by atoms with Crippen molar-refractivity contribution < 1.29 is 23.8 Å². The lowest BCUT2D eigenvalue weighted by Gasteiger charge is -2.63. The molecule has 1 aliphatic heterocycles. The molecule has 6 heteroatoms. The average Bonchev–Trinajstić information content (AvgIpc) is 3.47. The number of allylic oxidation sites excluding steroid dienone is 1. The zero-order chi connectivity index (χ0) is 32.0. The molecule has 4 saturated carbocycles. The molecule has 5 aliphatic rings. The molecule has 9 atom stereocenters. The van der Waals surface area contributed by atoms with Crippen LogP contribution in [0, 0.1) is 34.5 Å². The van der Waals surface area contributed by atoms with E-state index in [1.165, 1.54) is 10.4 Å². The monoisotopic (exact) mass is 628 g/mol. The summed E-state index contributed by atoms with van der Waals surface area (Å²) in [6.45, 7) is 15.9. The molecule has 45 heavy (non-hydrogen) atoms. The molecule has 0 unspecified atom stereocenters. The van der Waals surface area contributed by atoms with Gasteiger partial charge in [-0.25, -0.2) is 0 Å². The van der Waals surface area contributed by atoms with Crippen molar-refractivity contribution in [3.8, 4) is 0 Å². The Bertz CT molecular complexity index is 1420. The molecular weight excluding hydrogens is 577 g/mol. The Morgan fingerprint density at radius 2 is 1.44 bits per heavy atom. The van der Waals surface area contributed by atoms with Crippen LogP contribution in [0.2, 0.25) is 5.04 Å². The van der Waals surface area contributed by atoms with Crippen LogP contribution in [0.1, 0.15) is 87.0 Å². The highest BCUT2D eigenvalue weighted by atomic mass is 28.4. The van der Waals surface area contributed by atoms with Crippen molar-refractivity contribution in [1.29, 1.82) is 0 Å². The van der Waals surface area contributed by atoms with Crippen molar-refractivity contribution >= 4 is 24.5 Å². The maximum Gasteiger partial charge on any atom is 0.261 e.